The number of carbonyl (C=O) groups is 2. The summed E-state index contributed by atoms with van der Waals surface area (Å²) in [4.78, 5) is 31.5. The highest BCUT2D eigenvalue weighted by molar-refractivity contribution is 14.0. The maximum atomic E-state index is 13.0. The van der Waals surface area contributed by atoms with Gasteiger partial charge in [0.2, 0.25) is 11.8 Å². The van der Waals surface area contributed by atoms with Gasteiger partial charge in [0, 0.05) is 40.7 Å². The fraction of sp³-hybridized carbons (Fsp3) is 0.571. The first-order chi connectivity index (χ1) is 14.6. The second kappa shape index (κ2) is 12.9. The highest BCUT2D eigenvalue weighted by Crippen LogP contribution is 2.29. The van der Waals surface area contributed by atoms with Gasteiger partial charge in [0.25, 0.3) is 0 Å². The van der Waals surface area contributed by atoms with Gasteiger partial charge >= 0.3 is 6.18 Å². The standard InChI is InChI=1S/C21H30F3N5O2.HI/c1-25-18(30)12-15-7-9-29(10-8-15)20(27-14-19(31)28(2)3)26-13-16-5-4-6-17(11-16)21(22,23)24;/h4-6,11,15H,7-10,12-14H2,1-3H3,(H,25,30)(H,26,27);1H. The van der Waals surface area contributed by atoms with Crippen molar-refractivity contribution < 1.29 is 22.8 Å². The number of likely N-dealkylation sites (tertiary alicyclic amines) is 1. The Labute approximate surface area is 203 Å². The summed E-state index contributed by atoms with van der Waals surface area (Å²) in [5.74, 6) is 0.614. The smallest absolute Gasteiger partial charge is 0.359 e. The number of alkyl halides is 3. The van der Waals surface area contributed by atoms with E-state index in [1.165, 1.54) is 11.0 Å². The summed E-state index contributed by atoms with van der Waals surface area (Å²) < 4.78 is 38.9. The first-order valence-electron chi connectivity index (χ1n) is 10.2. The van der Waals surface area contributed by atoms with Crippen LogP contribution in [0.15, 0.2) is 29.3 Å². The SMILES string of the molecule is CNC(=O)CC1CCN(C(=NCc2cccc(C(F)(F)F)c2)NCC(=O)N(C)C)CC1.I. The number of hydrogen-bond donors (Lipinski definition) is 2. The van der Waals surface area contributed by atoms with E-state index in [1.54, 1.807) is 27.2 Å². The number of carbonyl (C=O) groups excluding carboxylic acids is 2. The van der Waals surface area contributed by atoms with Gasteiger partial charge in [-0.1, -0.05) is 12.1 Å². The van der Waals surface area contributed by atoms with Crippen LogP contribution in [0.2, 0.25) is 0 Å². The van der Waals surface area contributed by atoms with E-state index in [-0.39, 0.29) is 54.8 Å². The van der Waals surface area contributed by atoms with Crippen molar-refractivity contribution in [1.82, 2.24) is 20.4 Å². The Morgan fingerprint density at radius 1 is 1.22 bits per heavy atom. The van der Waals surface area contributed by atoms with Gasteiger partial charge in [0.15, 0.2) is 5.96 Å². The summed E-state index contributed by atoms with van der Waals surface area (Å²) in [6, 6.07) is 5.07. The van der Waals surface area contributed by atoms with Crippen LogP contribution in [0.4, 0.5) is 13.2 Å². The summed E-state index contributed by atoms with van der Waals surface area (Å²) in [6.07, 6.45) is -2.36. The van der Waals surface area contributed by atoms with Gasteiger partial charge in [-0.2, -0.15) is 13.2 Å². The quantitative estimate of drug-likeness (QED) is 0.314. The topological polar surface area (TPSA) is 77.0 Å². The van der Waals surface area contributed by atoms with Crippen molar-refractivity contribution in [1.29, 1.82) is 0 Å². The number of piperidine rings is 1. The lowest BCUT2D eigenvalue weighted by Crippen LogP contribution is -2.48. The molecule has 7 nitrogen and oxygen atoms in total. The molecule has 1 aromatic carbocycles. The number of aliphatic imine (C=N–C) groups is 1. The lowest BCUT2D eigenvalue weighted by molar-refractivity contribution is -0.137. The molecule has 1 heterocycles. The highest BCUT2D eigenvalue weighted by Gasteiger charge is 2.30. The van der Waals surface area contributed by atoms with Crippen LogP contribution >= 0.6 is 24.0 Å². The third-order valence-corrected chi connectivity index (χ3v) is 5.23. The number of rotatable bonds is 6. The molecule has 180 valence electrons. The summed E-state index contributed by atoms with van der Waals surface area (Å²) in [5.41, 5.74) is -0.282. The number of guanidine groups is 1. The molecular weight excluding hydrogens is 538 g/mol. The second-order valence-electron chi connectivity index (χ2n) is 7.79. The molecule has 2 amide bonds. The summed E-state index contributed by atoms with van der Waals surface area (Å²) in [7, 11) is 4.91. The molecule has 1 aromatic rings. The lowest BCUT2D eigenvalue weighted by Gasteiger charge is -2.34. The number of likely N-dealkylation sites (N-methyl/N-ethyl adjacent to an activating group) is 1. The first kappa shape index (κ1) is 28.0. The van der Waals surface area contributed by atoms with Crippen LogP contribution in [0.3, 0.4) is 0 Å². The molecule has 1 saturated heterocycles. The van der Waals surface area contributed by atoms with Gasteiger partial charge in [-0.05, 0) is 36.5 Å². The Kier molecular flexibility index (Phi) is 11.2. The lowest BCUT2D eigenvalue weighted by atomic mass is 9.93. The fourth-order valence-electron chi connectivity index (χ4n) is 3.31. The van der Waals surface area contributed by atoms with Crippen LogP contribution < -0.4 is 10.6 Å². The molecule has 2 N–H and O–H groups in total. The van der Waals surface area contributed by atoms with Gasteiger partial charge < -0.3 is 20.4 Å². The van der Waals surface area contributed by atoms with Crippen molar-refractivity contribution in [3.63, 3.8) is 0 Å². The van der Waals surface area contributed by atoms with Crippen molar-refractivity contribution in [2.45, 2.75) is 32.0 Å². The Hall–Kier alpha value is -2.05. The zero-order chi connectivity index (χ0) is 23.0. The molecule has 1 aliphatic rings. The van der Waals surface area contributed by atoms with E-state index in [9.17, 15) is 22.8 Å². The van der Waals surface area contributed by atoms with Gasteiger partial charge in [0.1, 0.15) is 0 Å². The predicted molar refractivity (Wildman–Crippen MR) is 128 cm³/mol. The Morgan fingerprint density at radius 2 is 1.88 bits per heavy atom. The number of halogens is 4. The van der Waals surface area contributed by atoms with Crippen LogP contribution in [0.25, 0.3) is 0 Å². The first-order valence-corrected chi connectivity index (χ1v) is 10.2. The Morgan fingerprint density at radius 3 is 2.44 bits per heavy atom. The van der Waals surface area contributed by atoms with Gasteiger partial charge in [0.05, 0.1) is 18.7 Å². The van der Waals surface area contributed by atoms with Gasteiger partial charge in [-0.3, -0.25) is 9.59 Å². The summed E-state index contributed by atoms with van der Waals surface area (Å²) >= 11 is 0. The molecule has 0 aromatic heterocycles. The molecule has 11 heteroatoms. The average molecular weight is 569 g/mol. The zero-order valence-corrected chi connectivity index (χ0v) is 20.9. The van der Waals surface area contributed by atoms with E-state index < -0.39 is 11.7 Å². The molecular formula is C21H31F3IN5O2. The van der Waals surface area contributed by atoms with Gasteiger partial charge in [-0.25, -0.2) is 4.99 Å². The molecule has 0 radical (unpaired) electrons. The Bertz CT molecular complexity index is 794. The van der Waals surface area contributed by atoms with Crippen molar-refractivity contribution in [3.8, 4) is 0 Å². The number of nitrogens with one attached hydrogen (secondary N) is 2. The van der Waals surface area contributed by atoms with Crippen LogP contribution in [0.1, 0.15) is 30.4 Å². The number of benzene rings is 1. The molecule has 0 spiro atoms. The van der Waals surface area contributed by atoms with E-state index in [2.05, 4.69) is 15.6 Å². The predicted octanol–water partition coefficient (Wildman–Crippen LogP) is 2.71. The highest BCUT2D eigenvalue weighted by atomic mass is 127. The normalized spacial score (nSPS) is 15.1. The van der Waals surface area contributed by atoms with Crippen molar-refractivity contribution in [3.05, 3.63) is 35.4 Å². The molecule has 0 unspecified atom stereocenters. The molecule has 1 fully saturated rings. The molecule has 1 aliphatic heterocycles. The number of nitrogens with zero attached hydrogens (tertiary/aromatic N) is 3. The number of hydrogen-bond acceptors (Lipinski definition) is 3. The minimum Gasteiger partial charge on any atom is -0.359 e. The minimum atomic E-state index is -4.41. The van der Waals surface area contributed by atoms with E-state index in [0.717, 1.165) is 25.0 Å². The third kappa shape index (κ3) is 8.83. The average Bonchev–Trinajstić information content (AvgIpc) is 2.73. The van der Waals surface area contributed by atoms with Crippen LogP contribution in [-0.4, -0.2) is 68.4 Å². The molecule has 0 saturated carbocycles. The summed E-state index contributed by atoms with van der Waals surface area (Å²) in [5, 5.41) is 5.67. The zero-order valence-electron chi connectivity index (χ0n) is 18.5. The summed E-state index contributed by atoms with van der Waals surface area (Å²) in [6.45, 7) is 1.38. The molecule has 0 aliphatic carbocycles. The minimum absolute atomic E-state index is 0. The molecule has 32 heavy (non-hydrogen) atoms. The maximum Gasteiger partial charge on any atom is 0.416 e. The van der Waals surface area contributed by atoms with E-state index in [4.69, 9.17) is 0 Å². The fourth-order valence-corrected chi connectivity index (χ4v) is 3.31. The van der Waals surface area contributed by atoms with E-state index in [0.29, 0.717) is 31.0 Å². The van der Waals surface area contributed by atoms with Crippen molar-refractivity contribution >= 4 is 41.8 Å². The maximum absolute atomic E-state index is 13.0. The number of amides is 2. The van der Waals surface area contributed by atoms with Crippen LogP contribution in [0.5, 0.6) is 0 Å². The van der Waals surface area contributed by atoms with E-state index >= 15 is 0 Å². The third-order valence-electron chi connectivity index (χ3n) is 5.23. The Balaban J connectivity index is 0.00000512. The van der Waals surface area contributed by atoms with E-state index in [1.807, 2.05) is 4.90 Å². The largest absolute Gasteiger partial charge is 0.416 e. The molecule has 2 rings (SSSR count). The molecule has 0 atom stereocenters. The van der Waals surface area contributed by atoms with Crippen LogP contribution in [-0.2, 0) is 22.3 Å². The van der Waals surface area contributed by atoms with Gasteiger partial charge in [-0.15, -0.1) is 24.0 Å². The van der Waals surface area contributed by atoms with Crippen LogP contribution in [0, 0.1) is 5.92 Å². The van der Waals surface area contributed by atoms with Crippen molar-refractivity contribution in [2.24, 2.45) is 10.9 Å². The monoisotopic (exact) mass is 569 g/mol. The second-order valence-corrected chi connectivity index (χ2v) is 7.79. The molecule has 0 bridgehead atoms. The van der Waals surface area contributed by atoms with Crippen molar-refractivity contribution in [2.75, 3.05) is 40.8 Å².